The van der Waals surface area contributed by atoms with Crippen molar-refractivity contribution in [3.63, 3.8) is 0 Å². The number of rotatable bonds is 5. The molecule has 0 unspecified atom stereocenters. The average molecular weight is 437 g/mol. The molecule has 0 saturated heterocycles. The van der Waals surface area contributed by atoms with Gasteiger partial charge >= 0.3 is 0 Å². The number of anilines is 2. The van der Waals surface area contributed by atoms with Crippen LogP contribution in [-0.4, -0.2) is 26.6 Å². The molecule has 0 radical (unpaired) electrons. The van der Waals surface area contributed by atoms with Crippen LogP contribution < -0.4 is 9.62 Å². The Labute approximate surface area is 162 Å². The van der Waals surface area contributed by atoms with Crippen molar-refractivity contribution < 1.29 is 13.2 Å². The van der Waals surface area contributed by atoms with E-state index in [0.717, 1.165) is 28.6 Å². The molecule has 26 heavy (non-hydrogen) atoms. The fraction of sp³-hybridized carbons (Fsp3) is 0.316. The van der Waals surface area contributed by atoms with Crippen LogP contribution in [0.2, 0.25) is 0 Å². The van der Waals surface area contributed by atoms with E-state index in [-0.39, 0.29) is 11.7 Å². The zero-order chi connectivity index (χ0) is 18.7. The molecule has 1 aliphatic heterocycles. The number of fused-ring (bicyclic) bond motifs is 1. The smallest absolute Gasteiger partial charge is 0.255 e. The van der Waals surface area contributed by atoms with Crippen LogP contribution in [0.3, 0.4) is 0 Å². The number of halogens is 1. The van der Waals surface area contributed by atoms with E-state index >= 15 is 0 Å². The van der Waals surface area contributed by atoms with E-state index in [9.17, 15) is 13.2 Å². The van der Waals surface area contributed by atoms with E-state index in [1.165, 1.54) is 4.31 Å². The standard InChI is InChI=1S/C19H21BrN2O3S/c1-2-11-26(24,25)22-10-4-6-14-13-17(8-9-18(14)22)21-19(23)15-5-3-7-16(20)12-15/h3,5,7-9,12-13H,2,4,6,10-11H2,1H3,(H,21,23). The van der Waals surface area contributed by atoms with E-state index in [1.54, 1.807) is 24.3 Å². The summed E-state index contributed by atoms with van der Waals surface area (Å²) in [5, 5.41) is 2.89. The van der Waals surface area contributed by atoms with Crippen LogP contribution in [0.25, 0.3) is 0 Å². The van der Waals surface area contributed by atoms with E-state index in [1.807, 2.05) is 25.1 Å². The Kier molecular flexibility index (Phi) is 5.67. The molecule has 0 spiro atoms. The number of aryl methyl sites for hydroxylation is 1. The number of amides is 1. The number of benzene rings is 2. The molecular formula is C19H21BrN2O3S. The molecule has 1 amide bonds. The molecule has 0 fully saturated rings. The second-order valence-corrected chi connectivity index (χ2v) is 9.23. The molecule has 2 aromatic carbocycles. The van der Waals surface area contributed by atoms with Gasteiger partial charge in [-0.15, -0.1) is 0 Å². The zero-order valence-electron chi connectivity index (χ0n) is 14.5. The first-order valence-corrected chi connectivity index (χ1v) is 11.0. The fourth-order valence-corrected chi connectivity index (χ4v) is 5.15. The number of hydrogen-bond acceptors (Lipinski definition) is 3. The van der Waals surface area contributed by atoms with E-state index in [0.29, 0.717) is 24.2 Å². The van der Waals surface area contributed by atoms with Crippen molar-refractivity contribution >= 4 is 43.2 Å². The van der Waals surface area contributed by atoms with Crippen LogP contribution in [0.15, 0.2) is 46.9 Å². The van der Waals surface area contributed by atoms with Crippen molar-refractivity contribution in [3.8, 4) is 0 Å². The second kappa shape index (κ2) is 7.80. The molecule has 0 bridgehead atoms. The Bertz CT molecular complexity index is 928. The summed E-state index contributed by atoms with van der Waals surface area (Å²) in [4.78, 5) is 12.4. The van der Waals surface area contributed by atoms with Gasteiger partial charge in [0.1, 0.15) is 0 Å². The minimum absolute atomic E-state index is 0.147. The highest BCUT2D eigenvalue weighted by atomic mass is 79.9. The lowest BCUT2D eigenvalue weighted by Crippen LogP contribution is -2.37. The Morgan fingerprint density at radius 3 is 2.77 bits per heavy atom. The van der Waals surface area contributed by atoms with Crippen molar-refractivity contribution in [2.45, 2.75) is 26.2 Å². The Hall–Kier alpha value is -1.86. The summed E-state index contributed by atoms with van der Waals surface area (Å²) in [6.07, 6.45) is 2.17. The maximum Gasteiger partial charge on any atom is 0.255 e. The quantitative estimate of drug-likeness (QED) is 0.763. The largest absolute Gasteiger partial charge is 0.322 e. The third kappa shape index (κ3) is 4.10. The molecule has 1 heterocycles. The van der Waals surface area contributed by atoms with Crippen LogP contribution >= 0.6 is 15.9 Å². The van der Waals surface area contributed by atoms with Gasteiger partial charge in [0, 0.05) is 22.3 Å². The Balaban J connectivity index is 1.84. The number of hydrogen-bond donors (Lipinski definition) is 1. The number of nitrogens with one attached hydrogen (secondary N) is 1. The summed E-state index contributed by atoms with van der Waals surface area (Å²) < 4.78 is 27.3. The third-order valence-electron chi connectivity index (χ3n) is 4.30. The molecular weight excluding hydrogens is 416 g/mol. The van der Waals surface area contributed by atoms with Gasteiger partial charge in [-0.05, 0) is 61.2 Å². The van der Waals surface area contributed by atoms with Crippen molar-refractivity contribution in [2.75, 3.05) is 21.9 Å². The Morgan fingerprint density at radius 1 is 1.23 bits per heavy atom. The molecule has 5 nitrogen and oxygen atoms in total. The van der Waals surface area contributed by atoms with Gasteiger partial charge in [-0.3, -0.25) is 9.10 Å². The predicted molar refractivity (Wildman–Crippen MR) is 108 cm³/mol. The lowest BCUT2D eigenvalue weighted by Gasteiger charge is -2.30. The first kappa shape index (κ1) is 18.9. The summed E-state index contributed by atoms with van der Waals surface area (Å²) >= 11 is 3.36. The molecule has 7 heteroatoms. The topological polar surface area (TPSA) is 66.5 Å². The highest BCUT2D eigenvalue weighted by Crippen LogP contribution is 2.32. The van der Waals surface area contributed by atoms with Gasteiger partial charge in [0.2, 0.25) is 10.0 Å². The summed E-state index contributed by atoms with van der Waals surface area (Å²) in [7, 11) is -3.29. The van der Waals surface area contributed by atoms with Crippen LogP contribution in [0.1, 0.15) is 35.7 Å². The van der Waals surface area contributed by atoms with Crippen LogP contribution in [-0.2, 0) is 16.4 Å². The molecule has 0 saturated carbocycles. The fourth-order valence-electron chi connectivity index (χ4n) is 3.13. The maximum absolute atomic E-state index is 12.5. The van der Waals surface area contributed by atoms with Gasteiger partial charge < -0.3 is 5.32 Å². The van der Waals surface area contributed by atoms with Crippen molar-refractivity contribution in [1.82, 2.24) is 0 Å². The minimum atomic E-state index is -3.29. The van der Waals surface area contributed by atoms with Crippen LogP contribution in [0, 0.1) is 0 Å². The number of nitrogens with zero attached hydrogens (tertiary/aromatic N) is 1. The summed E-state index contributed by atoms with van der Waals surface area (Å²) in [5.41, 5.74) is 2.90. The molecule has 0 aliphatic carbocycles. The lowest BCUT2D eigenvalue weighted by atomic mass is 10.0. The van der Waals surface area contributed by atoms with Crippen molar-refractivity contribution in [1.29, 1.82) is 0 Å². The highest BCUT2D eigenvalue weighted by Gasteiger charge is 2.26. The van der Waals surface area contributed by atoms with Crippen molar-refractivity contribution in [3.05, 3.63) is 58.1 Å². The van der Waals surface area contributed by atoms with Gasteiger partial charge in [0.25, 0.3) is 5.91 Å². The molecule has 0 atom stereocenters. The normalized spacial score (nSPS) is 14.0. The Morgan fingerprint density at radius 2 is 2.04 bits per heavy atom. The molecule has 1 aliphatic rings. The first-order chi connectivity index (χ1) is 12.4. The maximum atomic E-state index is 12.5. The van der Waals surface area contributed by atoms with Crippen LogP contribution in [0.5, 0.6) is 0 Å². The van der Waals surface area contributed by atoms with Gasteiger partial charge in [-0.25, -0.2) is 8.42 Å². The second-order valence-electron chi connectivity index (χ2n) is 6.30. The van der Waals surface area contributed by atoms with Gasteiger partial charge in [-0.2, -0.15) is 0 Å². The molecule has 3 rings (SSSR count). The monoisotopic (exact) mass is 436 g/mol. The van der Waals surface area contributed by atoms with E-state index in [4.69, 9.17) is 0 Å². The number of sulfonamides is 1. The summed E-state index contributed by atoms with van der Waals surface area (Å²) in [6.45, 7) is 2.38. The van der Waals surface area contributed by atoms with Crippen LogP contribution in [0.4, 0.5) is 11.4 Å². The lowest BCUT2D eigenvalue weighted by molar-refractivity contribution is 0.102. The predicted octanol–water partition coefficient (Wildman–Crippen LogP) is 4.19. The van der Waals surface area contributed by atoms with Crippen molar-refractivity contribution in [2.24, 2.45) is 0 Å². The summed E-state index contributed by atoms with van der Waals surface area (Å²) in [6, 6.07) is 12.6. The van der Waals surface area contributed by atoms with Gasteiger partial charge in [-0.1, -0.05) is 28.9 Å². The van der Waals surface area contributed by atoms with Gasteiger partial charge in [0.15, 0.2) is 0 Å². The molecule has 2 aromatic rings. The molecule has 138 valence electrons. The highest BCUT2D eigenvalue weighted by molar-refractivity contribution is 9.10. The average Bonchev–Trinajstić information content (AvgIpc) is 2.61. The van der Waals surface area contributed by atoms with E-state index in [2.05, 4.69) is 21.2 Å². The van der Waals surface area contributed by atoms with Gasteiger partial charge in [0.05, 0.1) is 11.4 Å². The minimum Gasteiger partial charge on any atom is -0.322 e. The SMILES string of the molecule is CCCS(=O)(=O)N1CCCc2cc(NC(=O)c3cccc(Br)c3)ccc21. The molecule has 1 N–H and O–H groups in total. The third-order valence-corrected chi connectivity index (χ3v) is 6.77. The molecule has 0 aromatic heterocycles. The zero-order valence-corrected chi connectivity index (χ0v) is 16.9. The number of carbonyl (C=O) groups excluding carboxylic acids is 1. The number of carbonyl (C=O) groups is 1. The first-order valence-electron chi connectivity index (χ1n) is 8.61. The van der Waals surface area contributed by atoms with E-state index < -0.39 is 10.0 Å². The summed E-state index contributed by atoms with van der Waals surface area (Å²) in [5.74, 6) is -0.0501.